The van der Waals surface area contributed by atoms with Crippen LogP contribution in [0.1, 0.15) is 31.9 Å². The minimum atomic E-state index is -0.0186. The van der Waals surface area contributed by atoms with Crippen molar-refractivity contribution in [3.8, 4) is 0 Å². The molecule has 14 heavy (non-hydrogen) atoms. The molecule has 0 aliphatic heterocycles. The van der Waals surface area contributed by atoms with Gasteiger partial charge in [-0.3, -0.25) is 0 Å². The number of benzene rings is 1. The Morgan fingerprint density at radius 3 is 2.14 bits per heavy atom. The predicted octanol–water partition coefficient (Wildman–Crippen LogP) is 3.60. The normalized spacial score (nSPS) is 11.4. The van der Waals surface area contributed by atoms with E-state index in [1.807, 2.05) is 6.92 Å². The first-order valence-corrected chi connectivity index (χ1v) is 5.03. The zero-order valence-electron chi connectivity index (χ0n) is 9.52. The van der Waals surface area contributed by atoms with Crippen LogP contribution >= 0.6 is 0 Å². The molecule has 0 fully saturated rings. The van der Waals surface area contributed by atoms with Crippen LogP contribution in [0.2, 0.25) is 0 Å². The molecule has 1 rings (SSSR count). The number of aryl methyl sites for hydroxylation is 1. The molecular weight excluding hydrogens is 170 g/mol. The fourth-order valence-electron chi connectivity index (χ4n) is 1.35. The maximum Gasteiger partial charge on any atom is 0.0118 e. The molecule has 1 N–H and O–H groups in total. The molecule has 1 aromatic carbocycles. The summed E-state index contributed by atoms with van der Waals surface area (Å²) in [6.07, 6.45) is 0.947. The maximum atomic E-state index is 7.69. The highest BCUT2D eigenvalue weighted by Crippen LogP contribution is 2.23. The van der Waals surface area contributed by atoms with Gasteiger partial charge in [0, 0.05) is 11.1 Å². The Bertz CT molecular complexity index is 320. The summed E-state index contributed by atoms with van der Waals surface area (Å²) in [5.41, 5.74) is 3.33. The van der Waals surface area contributed by atoms with E-state index < -0.39 is 0 Å². The van der Waals surface area contributed by atoms with E-state index in [9.17, 15) is 0 Å². The molecule has 0 spiro atoms. The zero-order chi connectivity index (χ0) is 10.8. The SMILES string of the molecule is CC(=N)C(C)(C)Cc1ccc(C)cc1. The fraction of sp³-hybridized carbons (Fsp3) is 0.462. The Morgan fingerprint density at radius 1 is 1.21 bits per heavy atom. The Kier molecular flexibility index (Phi) is 3.10. The summed E-state index contributed by atoms with van der Waals surface area (Å²) in [6, 6.07) is 8.56. The van der Waals surface area contributed by atoms with Crippen molar-refractivity contribution in [3.05, 3.63) is 35.4 Å². The van der Waals surface area contributed by atoms with E-state index >= 15 is 0 Å². The molecule has 1 nitrogen and oxygen atoms in total. The van der Waals surface area contributed by atoms with Crippen molar-refractivity contribution in [3.63, 3.8) is 0 Å². The summed E-state index contributed by atoms with van der Waals surface area (Å²) >= 11 is 0. The maximum absolute atomic E-state index is 7.69. The largest absolute Gasteiger partial charge is 0.309 e. The van der Waals surface area contributed by atoms with Crippen LogP contribution in [0.4, 0.5) is 0 Å². The van der Waals surface area contributed by atoms with E-state index in [2.05, 4.69) is 45.0 Å². The first-order valence-electron chi connectivity index (χ1n) is 5.03. The van der Waals surface area contributed by atoms with Gasteiger partial charge in [0.05, 0.1) is 0 Å². The van der Waals surface area contributed by atoms with Crippen molar-refractivity contribution in [2.45, 2.75) is 34.1 Å². The molecule has 0 bridgehead atoms. The summed E-state index contributed by atoms with van der Waals surface area (Å²) < 4.78 is 0. The van der Waals surface area contributed by atoms with Crippen LogP contribution < -0.4 is 0 Å². The molecule has 0 aliphatic rings. The molecule has 0 saturated carbocycles. The van der Waals surface area contributed by atoms with Gasteiger partial charge in [-0.05, 0) is 25.8 Å². The van der Waals surface area contributed by atoms with Crippen molar-refractivity contribution in [2.24, 2.45) is 5.41 Å². The summed E-state index contributed by atoms with van der Waals surface area (Å²) in [5.74, 6) is 0. The fourth-order valence-corrected chi connectivity index (χ4v) is 1.35. The van der Waals surface area contributed by atoms with Crippen molar-refractivity contribution < 1.29 is 0 Å². The van der Waals surface area contributed by atoms with E-state index in [0.717, 1.165) is 12.1 Å². The van der Waals surface area contributed by atoms with Crippen LogP contribution in [0.15, 0.2) is 24.3 Å². The van der Waals surface area contributed by atoms with Crippen LogP contribution in [0.3, 0.4) is 0 Å². The molecule has 0 radical (unpaired) electrons. The molecule has 76 valence electrons. The lowest BCUT2D eigenvalue weighted by molar-refractivity contribution is 0.514. The first kappa shape index (κ1) is 11.0. The topological polar surface area (TPSA) is 23.9 Å². The summed E-state index contributed by atoms with van der Waals surface area (Å²) in [5, 5.41) is 7.69. The Morgan fingerprint density at radius 2 is 1.71 bits per heavy atom. The average Bonchev–Trinajstić information content (AvgIpc) is 2.08. The van der Waals surface area contributed by atoms with Crippen LogP contribution in [-0.2, 0) is 6.42 Å². The van der Waals surface area contributed by atoms with E-state index in [4.69, 9.17) is 5.41 Å². The highest BCUT2D eigenvalue weighted by Gasteiger charge is 2.20. The quantitative estimate of drug-likeness (QED) is 0.702. The van der Waals surface area contributed by atoms with Gasteiger partial charge in [0.15, 0.2) is 0 Å². The molecule has 0 aromatic heterocycles. The van der Waals surface area contributed by atoms with E-state index in [1.165, 1.54) is 11.1 Å². The lowest BCUT2D eigenvalue weighted by atomic mass is 9.82. The van der Waals surface area contributed by atoms with Gasteiger partial charge >= 0.3 is 0 Å². The standard InChI is InChI=1S/C13H19N/c1-10-5-7-12(8-6-10)9-13(3,4)11(2)14/h5-8,14H,9H2,1-4H3. The van der Waals surface area contributed by atoms with E-state index in [-0.39, 0.29) is 5.41 Å². The molecule has 1 heteroatoms. The summed E-state index contributed by atoms with van der Waals surface area (Å²) in [7, 11) is 0. The summed E-state index contributed by atoms with van der Waals surface area (Å²) in [4.78, 5) is 0. The number of rotatable bonds is 3. The monoisotopic (exact) mass is 189 g/mol. The second-order valence-electron chi connectivity index (χ2n) is 4.67. The average molecular weight is 189 g/mol. The second-order valence-corrected chi connectivity index (χ2v) is 4.67. The van der Waals surface area contributed by atoms with Gasteiger partial charge in [-0.2, -0.15) is 0 Å². The van der Waals surface area contributed by atoms with Gasteiger partial charge in [-0.1, -0.05) is 43.7 Å². The zero-order valence-corrected chi connectivity index (χ0v) is 9.52. The van der Waals surface area contributed by atoms with Crippen LogP contribution in [0, 0.1) is 17.7 Å². The van der Waals surface area contributed by atoms with Gasteiger partial charge < -0.3 is 5.41 Å². The van der Waals surface area contributed by atoms with Crippen molar-refractivity contribution >= 4 is 5.71 Å². The van der Waals surface area contributed by atoms with Gasteiger partial charge in [0.25, 0.3) is 0 Å². The van der Waals surface area contributed by atoms with E-state index in [0.29, 0.717) is 0 Å². The molecule has 0 amide bonds. The molecule has 0 unspecified atom stereocenters. The molecule has 0 heterocycles. The molecule has 1 aromatic rings. The van der Waals surface area contributed by atoms with Crippen LogP contribution in [0.25, 0.3) is 0 Å². The van der Waals surface area contributed by atoms with Crippen LogP contribution in [-0.4, -0.2) is 5.71 Å². The van der Waals surface area contributed by atoms with Gasteiger partial charge in [0.1, 0.15) is 0 Å². The molecular formula is C13H19N. The molecule has 0 aliphatic carbocycles. The third-order valence-corrected chi connectivity index (χ3v) is 2.78. The lowest BCUT2D eigenvalue weighted by Crippen LogP contribution is -2.23. The summed E-state index contributed by atoms with van der Waals surface area (Å²) in [6.45, 7) is 8.22. The number of hydrogen-bond donors (Lipinski definition) is 1. The Hall–Kier alpha value is -1.11. The van der Waals surface area contributed by atoms with Crippen LogP contribution in [0.5, 0.6) is 0 Å². The van der Waals surface area contributed by atoms with Gasteiger partial charge in [0.2, 0.25) is 0 Å². The van der Waals surface area contributed by atoms with Crippen molar-refractivity contribution in [2.75, 3.05) is 0 Å². The predicted molar refractivity (Wildman–Crippen MR) is 62.1 cm³/mol. The number of hydrogen-bond acceptors (Lipinski definition) is 1. The minimum absolute atomic E-state index is 0.0186. The Balaban J connectivity index is 2.79. The van der Waals surface area contributed by atoms with Gasteiger partial charge in [-0.15, -0.1) is 0 Å². The molecule has 0 atom stereocenters. The Labute approximate surface area is 86.7 Å². The highest BCUT2D eigenvalue weighted by molar-refractivity contribution is 5.84. The van der Waals surface area contributed by atoms with Crippen molar-refractivity contribution in [1.29, 1.82) is 5.41 Å². The third kappa shape index (κ3) is 2.69. The molecule has 0 saturated heterocycles. The first-order chi connectivity index (χ1) is 6.42. The lowest BCUT2D eigenvalue weighted by Gasteiger charge is -2.23. The third-order valence-electron chi connectivity index (χ3n) is 2.78. The second kappa shape index (κ2) is 3.95. The highest BCUT2D eigenvalue weighted by atomic mass is 14.5. The van der Waals surface area contributed by atoms with Gasteiger partial charge in [-0.25, -0.2) is 0 Å². The minimum Gasteiger partial charge on any atom is -0.309 e. The van der Waals surface area contributed by atoms with Crippen molar-refractivity contribution in [1.82, 2.24) is 0 Å². The van der Waals surface area contributed by atoms with E-state index in [1.54, 1.807) is 0 Å². The smallest absolute Gasteiger partial charge is 0.0118 e. The number of nitrogens with one attached hydrogen (secondary N) is 1.